The molecule has 1 aromatic carbocycles. The zero-order valence-corrected chi connectivity index (χ0v) is 13.4. The predicted molar refractivity (Wildman–Crippen MR) is 91.5 cm³/mol. The van der Waals surface area contributed by atoms with Crippen molar-refractivity contribution in [3.8, 4) is 6.07 Å². The molecular weight excluding hydrogens is 332 g/mol. The van der Waals surface area contributed by atoms with E-state index in [1.807, 2.05) is 28.1 Å². The SMILES string of the molecule is N#CCc1ccc(NC(=O)/C=C/c2c(Cl)nc3sccn23)cc1. The lowest BCUT2D eigenvalue weighted by Crippen LogP contribution is -2.07. The lowest BCUT2D eigenvalue weighted by atomic mass is 10.1. The van der Waals surface area contributed by atoms with Crippen LogP contribution in [0.4, 0.5) is 5.69 Å². The molecule has 0 aliphatic carbocycles. The monoisotopic (exact) mass is 342 g/mol. The number of nitrogens with zero attached hydrogens (tertiary/aromatic N) is 3. The van der Waals surface area contributed by atoms with Gasteiger partial charge in [-0.25, -0.2) is 4.98 Å². The summed E-state index contributed by atoms with van der Waals surface area (Å²) in [7, 11) is 0. The van der Waals surface area contributed by atoms with Gasteiger partial charge in [-0.05, 0) is 23.8 Å². The Balaban J connectivity index is 1.70. The number of halogens is 1. The van der Waals surface area contributed by atoms with Crippen LogP contribution in [0.15, 0.2) is 41.9 Å². The van der Waals surface area contributed by atoms with Crippen LogP contribution in [0.25, 0.3) is 11.0 Å². The normalized spacial score (nSPS) is 11.0. The van der Waals surface area contributed by atoms with Crippen LogP contribution in [0.3, 0.4) is 0 Å². The molecule has 114 valence electrons. The Labute approximate surface area is 141 Å². The van der Waals surface area contributed by atoms with Gasteiger partial charge < -0.3 is 5.32 Å². The highest BCUT2D eigenvalue weighted by molar-refractivity contribution is 7.15. The number of thiazole rings is 1. The number of imidazole rings is 1. The Bertz CT molecular complexity index is 918. The maximum Gasteiger partial charge on any atom is 0.248 e. The molecule has 3 rings (SSSR count). The van der Waals surface area contributed by atoms with E-state index in [2.05, 4.69) is 16.4 Å². The van der Waals surface area contributed by atoms with Crippen molar-refractivity contribution in [1.82, 2.24) is 9.38 Å². The molecule has 1 amide bonds. The third kappa shape index (κ3) is 3.42. The highest BCUT2D eigenvalue weighted by Crippen LogP contribution is 2.22. The lowest BCUT2D eigenvalue weighted by molar-refractivity contribution is -0.111. The maximum absolute atomic E-state index is 12.0. The van der Waals surface area contributed by atoms with E-state index in [0.29, 0.717) is 23.0 Å². The average molecular weight is 343 g/mol. The molecule has 0 bridgehead atoms. The second-order valence-corrected chi connectivity index (χ2v) is 5.93. The molecule has 0 saturated carbocycles. The number of carbonyl (C=O) groups is 1. The Morgan fingerprint density at radius 2 is 2.22 bits per heavy atom. The molecule has 0 aliphatic heterocycles. The van der Waals surface area contributed by atoms with E-state index in [4.69, 9.17) is 16.9 Å². The third-order valence-electron chi connectivity index (χ3n) is 3.15. The number of anilines is 1. The van der Waals surface area contributed by atoms with Gasteiger partial charge in [0.15, 0.2) is 10.1 Å². The minimum Gasteiger partial charge on any atom is -0.323 e. The summed E-state index contributed by atoms with van der Waals surface area (Å²) >= 11 is 7.54. The average Bonchev–Trinajstić information content (AvgIpc) is 3.08. The van der Waals surface area contributed by atoms with Gasteiger partial charge in [-0.2, -0.15) is 5.26 Å². The molecule has 2 aromatic heterocycles. The first-order valence-electron chi connectivity index (χ1n) is 6.73. The number of hydrogen-bond donors (Lipinski definition) is 1. The van der Waals surface area contributed by atoms with Crippen LogP contribution in [0.5, 0.6) is 0 Å². The minimum absolute atomic E-state index is 0.265. The quantitative estimate of drug-likeness (QED) is 0.734. The second kappa shape index (κ2) is 6.65. The molecule has 0 aliphatic rings. The van der Waals surface area contributed by atoms with E-state index >= 15 is 0 Å². The highest BCUT2D eigenvalue weighted by Gasteiger charge is 2.08. The Morgan fingerprint density at radius 3 is 2.96 bits per heavy atom. The Kier molecular flexibility index (Phi) is 4.42. The van der Waals surface area contributed by atoms with Gasteiger partial charge in [0.05, 0.1) is 18.2 Å². The van der Waals surface area contributed by atoms with Crippen LogP contribution in [0, 0.1) is 11.3 Å². The van der Waals surface area contributed by atoms with Gasteiger partial charge >= 0.3 is 0 Å². The van der Waals surface area contributed by atoms with Crippen molar-refractivity contribution in [2.24, 2.45) is 0 Å². The zero-order valence-electron chi connectivity index (χ0n) is 11.9. The summed E-state index contributed by atoms with van der Waals surface area (Å²) in [6, 6.07) is 9.23. The van der Waals surface area contributed by atoms with Crippen molar-refractivity contribution < 1.29 is 4.79 Å². The summed E-state index contributed by atoms with van der Waals surface area (Å²) in [5.41, 5.74) is 2.25. The van der Waals surface area contributed by atoms with E-state index < -0.39 is 0 Å². The maximum atomic E-state index is 12.0. The summed E-state index contributed by atoms with van der Waals surface area (Å²) in [4.78, 5) is 17.0. The van der Waals surface area contributed by atoms with Crippen LogP contribution in [-0.2, 0) is 11.2 Å². The van der Waals surface area contributed by atoms with Gasteiger partial charge in [0, 0.05) is 23.3 Å². The third-order valence-corrected chi connectivity index (χ3v) is 4.19. The van der Waals surface area contributed by atoms with Gasteiger partial charge in [0.25, 0.3) is 0 Å². The minimum atomic E-state index is -0.265. The topological polar surface area (TPSA) is 70.2 Å². The van der Waals surface area contributed by atoms with Crippen molar-refractivity contribution in [2.45, 2.75) is 6.42 Å². The van der Waals surface area contributed by atoms with Crippen LogP contribution in [-0.4, -0.2) is 15.3 Å². The molecule has 23 heavy (non-hydrogen) atoms. The molecule has 0 radical (unpaired) electrons. The van der Waals surface area contributed by atoms with Gasteiger partial charge in [0.2, 0.25) is 5.91 Å². The largest absolute Gasteiger partial charge is 0.323 e. The molecule has 1 N–H and O–H groups in total. The first-order chi connectivity index (χ1) is 11.2. The summed E-state index contributed by atoms with van der Waals surface area (Å²) < 4.78 is 1.83. The molecule has 0 spiro atoms. The van der Waals surface area contributed by atoms with E-state index in [1.54, 1.807) is 18.2 Å². The van der Waals surface area contributed by atoms with Crippen molar-refractivity contribution in [1.29, 1.82) is 5.26 Å². The van der Waals surface area contributed by atoms with Crippen LogP contribution >= 0.6 is 22.9 Å². The molecular formula is C16H11ClN4OS. The lowest BCUT2D eigenvalue weighted by Gasteiger charge is -2.02. The molecule has 7 heteroatoms. The number of amides is 1. The molecule has 0 atom stereocenters. The first kappa shape index (κ1) is 15.3. The molecule has 0 fully saturated rings. The number of rotatable bonds is 4. The van der Waals surface area contributed by atoms with Gasteiger partial charge in [-0.3, -0.25) is 9.20 Å². The van der Waals surface area contributed by atoms with Crippen molar-refractivity contribution in [3.63, 3.8) is 0 Å². The number of benzene rings is 1. The van der Waals surface area contributed by atoms with Crippen molar-refractivity contribution >= 4 is 45.6 Å². The van der Waals surface area contributed by atoms with E-state index in [9.17, 15) is 4.79 Å². The fourth-order valence-electron chi connectivity index (χ4n) is 2.06. The molecule has 0 saturated heterocycles. The second-order valence-electron chi connectivity index (χ2n) is 4.70. The zero-order chi connectivity index (χ0) is 16.2. The van der Waals surface area contributed by atoms with E-state index in [0.717, 1.165) is 10.5 Å². The summed E-state index contributed by atoms with van der Waals surface area (Å²) in [5, 5.41) is 13.7. The summed E-state index contributed by atoms with van der Waals surface area (Å²) in [5.74, 6) is -0.265. The number of nitrogens with one attached hydrogen (secondary N) is 1. The number of fused-ring (bicyclic) bond motifs is 1. The number of hydrogen-bond acceptors (Lipinski definition) is 4. The first-order valence-corrected chi connectivity index (χ1v) is 7.99. The number of carbonyl (C=O) groups excluding carboxylic acids is 1. The Hall–Kier alpha value is -2.62. The fraction of sp³-hybridized carbons (Fsp3) is 0.0625. The predicted octanol–water partition coefficient (Wildman–Crippen LogP) is 3.77. The van der Waals surface area contributed by atoms with Crippen LogP contribution in [0.2, 0.25) is 5.15 Å². The highest BCUT2D eigenvalue weighted by atomic mass is 35.5. The number of aromatic nitrogens is 2. The van der Waals surface area contributed by atoms with Crippen molar-refractivity contribution in [3.05, 3.63) is 58.3 Å². The number of nitriles is 1. The standard InChI is InChI=1S/C16H11ClN4OS/c17-15-13(21-9-10-23-16(21)20-15)5-6-14(22)19-12-3-1-11(2-4-12)7-8-18/h1-6,9-10H,7H2,(H,19,22)/b6-5+. The van der Waals surface area contributed by atoms with Crippen LogP contribution in [0.1, 0.15) is 11.3 Å². The molecule has 3 aromatic rings. The molecule has 0 unspecified atom stereocenters. The molecule has 2 heterocycles. The fourth-order valence-corrected chi connectivity index (χ4v) is 3.07. The van der Waals surface area contributed by atoms with Crippen LogP contribution < -0.4 is 5.32 Å². The van der Waals surface area contributed by atoms with Gasteiger partial charge in [0.1, 0.15) is 0 Å². The van der Waals surface area contributed by atoms with E-state index in [1.165, 1.54) is 17.4 Å². The van der Waals surface area contributed by atoms with Gasteiger partial charge in [-0.1, -0.05) is 23.7 Å². The Morgan fingerprint density at radius 1 is 1.43 bits per heavy atom. The van der Waals surface area contributed by atoms with Crippen molar-refractivity contribution in [2.75, 3.05) is 5.32 Å². The summed E-state index contributed by atoms with van der Waals surface area (Å²) in [6.07, 6.45) is 5.25. The van der Waals surface area contributed by atoms with Gasteiger partial charge in [-0.15, -0.1) is 11.3 Å². The van der Waals surface area contributed by atoms with E-state index in [-0.39, 0.29) is 5.91 Å². The smallest absolute Gasteiger partial charge is 0.248 e. The molecule has 5 nitrogen and oxygen atoms in total. The summed E-state index contributed by atoms with van der Waals surface area (Å²) in [6.45, 7) is 0.